The van der Waals surface area contributed by atoms with Crippen LogP contribution in [0.15, 0.2) is 54.7 Å². The van der Waals surface area contributed by atoms with E-state index in [2.05, 4.69) is 59.6 Å². The Bertz CT molecular complexity index is 2660. The van der Waals surface area contributed by atoms with Crippen molar-refractivity contribution in [2.24, 2.45) is 16.7 Å². The number of benzene rings is 2. The molecule has 5 aliphatic rings. The minimum absolute atomic E-state index is 0.000607. The number of phenolic OH excluding ortho intramolecular Hbond substituents is 1. The van der Waals surface area contributed by atoms with Crippen LogP contribution < -0.4 is 16.1 Å². The Morgan fingerprint density at radius 2 is 1.81 bits per heavy atom. The average Bonchev–Trinajstić information content (AvgIpc) is 4.10. The van der Waals surface area contributed by atoms with E-state index in [1.807, 2.05) is 39.0 Å². The summed E-state index contributed by atoms with van der Waals surface area (Å²) in [6.45, 7) is 15.0. The third kappa shape index (κ3) is 9.47. The van der Waals surface area contributed by atoms with Crippen molar-refractivity contribution < 1.29 is 38.6 Å². The highest BCUT2D eigenvalue weighted by atomic mass is 16.5. The van der Waals surface area contributed by atoms with Crippen LogP contribution >= 0.6 is 0 Å². The maximum Gasteiger partial charge on any atom is 0.324 e. The van der Waals surface area contributed by atoms with E-state index < -0.39 is 46.7 Å². The molecule has 1 unspecified atom stereocenters. The molecule has 4 amide bonds. The molecule has 2 aromatic carbocycles. The number of aromatic nitrogens is 2. The molecule has 1 spiro atoms. The van der Waals surface area contributed by atoms with Crippen molar-refractivity contribution in [3.8, 4) is 28.1 Å². The minimum atomic E-state index is -1.15. The van der Waals surface area contributed by atoms with Gasteiger partial charge in [-0.1, -0.05) is 39.8 Å². The van der Waals surface area contributed by atoms with Crippen LogP contribution in [0.1, 0.15) is 96.6 Å². The molecule has 4 N–H and O–H groups in total. The highest BCUT2D eigenvalue weighted by molar-refractivity contribution is 5.97. The SMILES string of the molecule is CCn1c(-c2cccnc2[C@H](C)OC)c2c3cc(ccc31)-c1cc(O)cc(c1)C[C@H](NC(=O)C(C(C)C)N1CC[C@]3(CCCN(C(=O)[C@@H]4CN4)C3)C1=O)C(=O)N1CCC[C@H](N1)C(=O)OCC(C)(C)C2. The van der Waals surface area contributed by atoms with Gasteiger partial charge in [0.15, 0.2) is 0 Å². The topological polar surface area (TPSA) is 198 Å². The lowest BCUT2D eigenvalue weighted by molar-refractivity contribution is -0.155. The van der Waals surface area contributed by atoms with E-state index in [0.717, 1.165) is 44.5 Å². The van der Waals surface area contributed by atoms with E-state index in [9.17, 15) is 29.1 Å². The minimum Gasteiger partial charge on any atom is -0.508 e. The molecule has 0 aliphatic carbocycles. The first kappa shape index (κ1) is 48.2. The van der Waals surface area contributed by atoms with E-state index in [0.29, 0.717) is 76.8 Å². The molecule has 16 heteroatoms. The number of pyridine rings is 1. The smallest absolute Gasteiger partial charge is 0.324 e. The largest absolute Gasteiger partial charge is 0.508 e. The second-order valence-corrected chi connectivity index (χ2v) is 21.1. The number of cyclic esters (lactones) is 1. The molecule has 69 heavy (non-hydrogen) atoms. The van der Waals surface area contributed by atoms with Crippen molar-refractivity contribution in [2.75, 3.05) is 46.4 Å². The van der Waals surface area contributed by atoms with Crippen LogP contribution in [-0.2, 0) is 52.8 Å². The van der Waals surface area contributed by atoms with E-state index in [4.69, 9.17) is 14.5 Å². The fourth-order valence-electron chi connectivity index (χ4n) is 11.4. The fraction of sp³-hybridized carbons (Fsp3) is 0.547. The number of carbonyl (C=O) groups is 5. The number of piperidine rings is 1. The van der Waals surface area contributed by atoms with Crippen molar-refractivity contribution in [2.45, 2.75) is 123 Å². The number of nitrogens with zero attached hydrogens (tertiary/aromatic N) is 5. The summed E-state index contributed by atoms with van der Waals surface area (Å²) < 4.78 is 14.3. The molecule has 4 saturated heterocycles. The van der Waals surface area contributed by atoms with Gasteiger partial charge in [0, 0.05) is 80.9 Å². The maximum absolute atomic E-state index is 14.9. The number of nitrogens with one attached hydrogen (secondary N) is 3. The quantitative estimate of drug-likeness (QED) is 0.126. The molecule has 16 nitrogen and oxygen atoms in total. The normalized spacial score (nSPS) is 24.9. The summed E-state index contributed by atoms with van der Waals surface area (Å²) in [6.07, 6.45) is 4.89. The van der Waals surface area contributed by atoms with Gasteiger partial charge in [-0.05, 0) is 117 Å². The average molecular weight is 945 g/mol. The highest BCUT2D eigenvalue weighted by Crippen LogP contribution is 2.44. The fourth-order valence-corrected chi connectivity index (χ4v) is 11.4. The van der Waals surface area contributed by atoms with Crippen LogP contribution in [0.5, 0.6) is 5.75 Å². The Hall–Kier alpha value is -5.84. The predicted molar refractivity (Wildman–Crippen MR) is 260 cm³/mol. The lowest BCUT2D eigenvalue weighted by Gasteiger charge is -2.40. The van der Waals surface area contributed by atoms with Gasteiger partial charge >= 0.3 is 5.97 Å². The first-order valence-corrected chi connectivity index (χ1v) is 24.9. The zero-order valence-electron chi connectivity index (χ0n) is 41.1. The van der Waals surface area contributed by atoms with Crippen molar-refractivity contribution >= 4 is 40.5 Å². The molecule has 2 aromatic heterocycles. The van der Waals surface area contributed by atoms with Crippen molar-refractivity contribution in [1.82, 2.24) is 40.4 Å². The van der Waals surface area contributed by atoms with Gasteiger partial charge in [0.1, 0.15) is 23.9 Å². The van der Waals surface area contributed by atoms with E-state index in [-0.39, 0.29) is 55.2 Å². The number of hydrogen-bond acceptors (Lipinski definition) is 11. The Kier molecular flexibility index (Phi) is 13.4. The van der Waals surface area contributed by atoms with Crippen molar-refractivity contribution in [1.29, 1.82) is 0 Å². The number of likely N-dealkylation sites (tertiary alicyclic amines) is 2. The molecule has 0 radical (unpaired) electrons. The number of ether oxygens (including phenoxy) is 2. The van der Waals surface area contributed by atoms with E-state index in [1.54, 1.807) is 35.2 Å². The summed E-state index contributed by atoms with van der Waals surface area (Å²) in [4.78, 5) is 79.6. The van der Waals surface area contributed by atoms with E-state index in [1.165, 1.54) is 5.01 Å². The van der Waals surface area contributed by atoms with Gasteiger partial charge < -0.3 is 39.6 Å². The first-order valence-electron chi connectivity index (χ1n) is 24.9. The van der Waals surface area contributed by atoms with Gasteiger partial charge in [-0.3, -0.25) is 34.0 Å². The summed E-state index contributed by atoms with van der Waals surface area (Å²) in [6, 6.07) is 12.5. The molecule has 0 saturated carbocycles. The number of hydrogen-bond donors (Lipinski definition) is 4. The van der Waals surface area contributed by atoms with E-state index >= 15 is 0 Å². The number of carbonyl (C=O) groups excluding carboxylic acids is 5. The second kappa shape index (κ2) is 19.2. The molecule has 4 fully saturated rings. The molecule has 368 valence electrons. The third-order valence-corrected chi connectivity index (χ3v) is 15.1. The van der Waals surface area contributed by atoms with Crippen LogP contribution in [0, 0.1) is 16.7 Å². The molecule has 4 aromatic rings. The van der Waals surface area contributed by atoms with Gasteiger partial charge in [-0.2, -0.15) is 0 Å². The molecular formula is C53H68N8O8. The van der Waals surface area contributed by atoms with Gasteiger partial charge in [-0.25, -0.2) is 5.43 Å². The third-order valence-electron chi connectivity index (χ3n) is 15.1. The number of amides is 4. The van der Waals surface area contributed by atoms with Crippen molar-refractivity contribution in [3.05, 3.63) is 71.5 Å². The number of phenols is 1. The zero-order valence-corrected chi connectivity index (χ0v) is 41.1. The van der Waals surface area contributed by atoms with Gasteiger partial charge in [-0.15, -0.1) is 0 Å². The summed E-state index contributed by atoms with van der Waals surface area (Å²) in [5.41, 5.74) is 8.87. The number of hydrazine groups is 1. The number of aromatic hydroxyl groups is 1. The summed E-state index contributed by atoms with van der Waals surface area (Å²) >= 11 is 0. The van der Waals surface area contributed by atoms with Crippen LogP contribution in [-0.4, -0.2) is 130 Å². The zero-order chi connectivity index (χ0) is 48.9. The molecule has 6 bridgehead atoms. The Morgan fingerprint density at radius 3 is 2.55 bits per heavy atom. The van der Waals surface area contributed by atoms with Gasteiger partial charge in [0.2, 0.25) is 17.7 Å². The first-order chi connectivity index (χ1) is 33.0. The number of aryl methyl sites for hydroxylation is 1. The molecule has 9 rings (SSSR count). The monoisotopic (exact) mass is 945 g/mol. The highest BCUT2D eigenvalue weighted by Gasteiger charge is 2.53. The van der Waals surface area contributed by atoms with Crippen LogP contribution in [0.25, 0.3) is 33.3 Å². The molecule has 6 atom stereocenters. The summed E-state index contributed by atoms with van der Waals surface area (Å²) in [5.74, 6) is -1.82. The van der Waals surface area contributed by atoms with Crippen LogP contribution in [0.4, 0.5) is 0 Å². The van der Waals surface area contributed by atoms with Crippen LogP contribution in [0.3, 0.4) is 0 Å². The van der Waals surface area contributed by atoms with Crippen LogP contribution in [0.2, 0.25) is 0 Å². The maximum atomic E-state index is 14.9. The predicted octanol–water partition coefficient (Wildman–Crippen LogP) is 5.29. The number of rotatable bonds is 9. The number of fused-ring (bicyclic) bond motifs is 6. The van der Waals surface area contributed by atoms with Crippen molar-refractivity contribution in [3.63, 3.8) is 0 Å². The van der Waals surface area contributed by atoms with Gasteiger partial charge in [0.05, 0.1) is 35.6 Å². The summed E-state index contributed by atoms with van der Waals surface area (Å²) in [7, 11) is 1.68. The lowest BCUT2D eigenvalue weighted by Crippen LogP contribution is -2.62. The number of esters is 1. The lowest BCUT2D eigenvalue weighted by atomic mass is 9.78. The standard InChI is InChI=1S/C53H68N8O8/c1-8-59-43-15-14-34-26-38(43)39(46(59)37-12-9-18-54-44(37)32(4)68-7)27-52(5,6)30-69-50(66)40-13-10-20-61(57-40)49(65)41(24-33-22-35(34)25-36(62)23-33)56-47(63)45(31(2)3)60-21-17-53(51(60)67)16-11-19-58(29-53)48(64)42-28-55-42/h9,12,14-15,18,22-23,25-26,31-32,40-42,45,55,57,62H,8,10-11,13,16-17,19-21,24,27-30H2,1-7H3,(H,56,63)/t32-,40-,41-,42-,45?,53-/m0/s1. The Morgan fingerprint density at radius 1 is 1.01 bits per heavy atom. The summed E-state index contributed by atoms with van der Waals surface area (Å²) in [5, 5.41) is 20.0. The van der Waals surface area contributed by atoms with Gasteiger partial charge in [0.25, 0.3) is 5.91 Å². The Balaban J connectivity index is 1.09. The molecular weight excluding hydrogens is 877 g/mol. The number of methoxy groups -OCH3 is 1. The molecule has 5 aliphatic heterocycles. The second-order valence-electron chi connectivity index (χ2n) is 21.1. The molecule has 7 heterocycles. The Labute approximate surface area is 404 Å².